The van der Waals surface area contributed by atoms with Crippen molar-refractivity contribution >= 4 is 17.8 Å². The second-order valence-electron chi connectivity index (χ2n) is 6.48. The van der Waals surface area contributed by atoms with Gasteiger partial charge < -0.3 is 19.5 Å². The van der Waals surface area contributed by atoms with Crippen LogP contribution in [0.2, 0.25) is 0 Å². The van der Waals surface area contributed by atoms with Crippen LogP contribution in [0.15, 0.2) is 24.3 Å². The van der Waals surface area contributed by atoms with Crippen molar-refractivity contribution in [2.45, 2.75) is 38.8 Å². The fourth-order valence-electron chi connectivity index (χ4n) is 2.05. The highest BCUT2D eigenvalue weighted by atomic mass is 16.6. The Bertz CT molecular complexity index is 603. The summed E-state index contributed by atoms with van der Waals surface area (Å²) in [5.41, 5.74) is 0.606. The number of ether oxygens (including phenoxy) is 3. The first-order chi connectivity index (χ1) is 11.7. The molecule has 0 unspecified atom stereocenters. The third-order valence-corrected chi connectivity index (χ3v) is 3.12. The minimum absolute atomic E-state index is 0.148. The Kier molecular flexibility index (Phi) is 7.57. The fraction of sp³-hybridized carbons (Fsp3) is 0.500. The summed E-state index contributed by atoms with van der Waals surface area (Å²) in [5.74, 6) is -1.39. The molecule has 0 saturated heterocycles. The lowest BCUT2D eigenvalue weighted by molar-refractivity contribution is -0.145. The predicted octanol–water partition coefficient (Wildman–Crippen LogP) is 1.49. The molecule has 0 bridgehead atoms. The van der Waals surface area contributed by atoms with Crippen LogP contribution in [-0.4, -0.2) is 50.3 Å². The molecule has 0 aliphatic carbocycles. The zero-order valence-corrected chi connectivity index (χ0v) is 15.3. The summed E-state index contributed by atoms with van der Waals surface area (Å²) in [4.78, 5) is 35.5. The molecule has 25 heavy (non-hydrogen) atoms. The summed E-state index contributed by atoms with van der Waals surface area (Å²) >= 11 is 0. The smallest absolute Gasteiger partial charge is 0.338 e. The standard InChI is InChI=1S/C18H25NO6/c1-18(2,3)25-16(21)13-8-6-12(7-9-13)10-14(17(22)24-5)19-15(20)11-23-4/h6-9,14H,10-11H2,1-5H3,(H,19,20)/t14-/m0/s1. The van der Waals surface area contributed by atoms with Gasteiger partial charge in [0.2, 0.25) is 5.91 Å². The number of methoxy groups -OCH3 is 2. The molecule has 0 heterocycles. The second-order valence-corrected chi connectivity index (χ2v) is 6.48. The van der Waals surface area contributed by atoms with Gasteiger partial charge >= 0.3 is 11.9 Å². The number of nitrogens with one attached hydrogen (secondary N) is 1. The highest BCUT2D eigenvalue weighted by molar-refractivity contribution is 5.89. The van der Waals surface area contributed by atoms with E-state index in [1.807, 2.05) is 0 Å². The number of hydrogen-bond acceptors (Lipinski definition) is 6. The van der Waals surface area contributed by atoms with Gasteiger partial charge in [0.25, 0.3) is 0 Å². The quantitative estimate of drug-likeness (QED) is 0.749. The maximum atomic E-state index is 12.0. The Labute approximate surface area is 147 Å². The molecule has 1 amide bonds. The topological polar surface area (TPSA) is 90.9 Å². The molecule has 0 radical (unpaired) electrons. The monoisotopic (exact) mass is 351 g/mol. The van der Waals surface area contributed by atoms with Crippen LogP contribution in [0, 0.1) is 0 Å². The third kappa shape index (κ3) is 7.34. The van der Waals surface area contributed by atoms with Crippen LogP contribution < -0.4 is 5.32 Å². The maximum absolute atomic E-state index is 12.0. The van der Waals surface area contributed by atoms with Gasteiger partial charge in [0, 0.05) is 13.5 Å². The largest absolute Gasteiger partial charge is 0.467 e. The van der Waals surface area contributed by atoms with Crippen molar-refractivity contribution in [1.29, 1.82) is 0 Å². The molecule has 0 saturated carbocycles. The van der Waals surface area contributed by atoms with Gasteiger partial charge in [-0.15, -0.1) is 0 Å². The zero-order chi connectivity index (χ0) is 19.0. The molecule has 0 aromatic heterocycles. The van der Waals surface area contributed by atoms with Crippen molar-refractivity contribution < 1.29 is 28.6 Å². The molecule has 7 nitrogen and oxygen atoms in total. The minimum atomic E-state index is -0.833. The summed E-state index contributed by atoms with van der Waals surface area (Å²) in [6.45, 7) is 5.24. The van der Waals surface area contributed by atoms with Crippen LogP contribution in [-0.2, 0) is 30.2 Å². The first kappa shape index (κ1) is 20.6. The van der Waals surface area contributed by atoms with Crippen molar-refractivity contribution in [2.75, 3.05) is 20.8 Å². The number of esters is 2. The molecular formula is C18H25NO6. The van der Waals surface area contributed by atoms with Crippen molar-refractivity contribution in [3.63, 3.8) is 0 Å². The van der Waals surface area contributed by atoms with Crippen molar-refractivity contribution in [1.82, 2.24) is 5.32 Å². The molecule has 0 fully saturated rings. The highest BCUT2D eigenvalue weighted by Crippen LogP contribution is 2.14. The zero-order valence-electron chi connectivity index (χ0n) is 15.3. The summed E-state index contributed by atoms with van der Waals surface area (Å²) < 4.78 is 14.7. The van der Waals surface area contributed by atoms with Crippen LogP contribution in [0.25, 0.3) is 0 Å². The average molecular weight is 351 g/mol. The number of carbonyl (C=O) groups excluding carboxylic acids is 3. The molecule has 1 atom stereocenters. The first-order valence-electron chi connectivity index (χ1n) is 7.84. The lowest BCUT2D eigenvalue weighted by Crippen LogP contribution is -2.44. The molecule has 1 aromatic carbocycles. The summed E-state index contributed by atoms with van der Waals surface area (Å²) in [5, 5.41) is 2.56. The molecule has 0 aliphatic rings. The second kappa shape index (κ2) is 9.17. The number of rotatable bonds is 7. The molecule has 7 heteroatoms. The fourth-order valence-corrected chi connectivity index (χ4v) is 2.05. The van der Waals surface area contributed by atoms with E-state index >= 15 is 0 Å². The van der Waals surface area contributed by atoms with E-state index < -0.39 is 29.5 Å². The van der Waals surface area contributed by atoms with Gasteiger partial charge in [-0.3, -0.25) is 4.79 Å². The van der Waals surface area contributed by atoms with Gasteiger partial charge in [-0.25, -0.2) is 9.59 Å². The summed E-state index contributed by atoms with van der Waals surface area (Å²) in [6.07, 6.45) is 0.233. The third-order valence-electron chi connectivity index (χ3n) is 3.12. The van der Waals surface area contributed by atoms with Crippen LogP contribution in [0.4, 0.5) is 0 Å². The molecule has 138 valence electrons. The van der Waals surface area contributed by atoms with Gasteiger partial charge in [0.05, 0.1) is 12.7 Å². The van der Waals surface area contributed by atoms with Gasteiger partial charge in [-0.1, -0.05) is 12.1 Å². The normalized spacial score (nSPS) is 12.2. The molecule has 1 aromatic rings. The predicted molar refractivity (Wildman–Crippen MR) is 91.1 cm³/mol. The van der Waals surface area contributed by atoms with Crippen LogP contribution in [0.5, 0.6) is 0 Å². The Morgan fingerprint density at radius 2 is 1.68 bits per heavy atom. The van der Waals surface area contributed by atoms with Gasteiger partial charge in [0.15, 0.2) is 0 Å². The van der Waals surface area contributed by atoms with E-state index in [-0.39, 0.29) is 13.0 Å². The van der Waals surface area contributed by atoms with E-state index in [0.29, 0.717) is 5.56 Å². The van der Waals surface area contributed by atoms with E-state index in [1.165, 1.54) is 14.2 Å². The van der Waals surface area contributed by atoms with Gasteiger partial charge in [-0.05, 0) is 38.5 Å². The van der Waals surface area contributed by atoms with Crippen LogP contribution in [0.1, 0.15) is 36.7 Å². The Balaban J connectivity index is 2.80. The average Bonchev–Trinajstić information content (AvgIpc) is 2.52. The SMILES string of the molecule is COCC(=O)N[C@@H](Cc1ccc(C(=O)OC(C)(C)C)cc1)C(=O)OC. The Hall–Kier alpha value is -2.41. The van der Waals surface area contributed by atoms with E-state index in [9.17, 15) is 14.4 Å². The van der Waals surface area contributed by atoms with Crippen LogP contribution >= 0.6 is 0 Å². The molecule has 1 rings (SSSR count). The summed E-state index contributed by atoms with van der Waals surface area (Å²) in [6, 6.07) is 5.82. The minimum Gasteiger partial charge on any atom is -0.467 e. The van der Waals surface area contributed by atoms with Gasteiger partial charge in [-0.2, -0.15) is 0 Å². The lowest BCUT2D eigenvalue weighted by Gasteiger charge is -2.19. The molecular weight excluding hydrogens is 326 g/mol. The molecule has 1 N–H and O–H groups in total. The van der Waals surface area contributed by atoms with Gasteiger partial charge in [0.1, 0.15) is 18.2 Å². The number of amides is 1. The Morgan fingerprint density at radius 1 is 1.08 bits per heavy atom. The highest BCUT2D eigenvalue weighted by Gasteiger charge is 2.22. The van der Waals surface area contributed by atoms with E-state index in [1.54, 1.807) is 45.0 Å². The van der Waals surface area contributed by atoms with E-state index in [0.717, 1.165) is 5.56 Å². The van der Waals surface area contributed by atoms with E-state index in [2.05, 4.69) is 5.32 Å². The van der Waals surface area contributed by atoms with Crippen molar-refractivity contribution in [3.8, 4) is 0 Å². The molecule has 0 spiro atoms. The Morgan fingerprint density at radius 3 is 2.16 bits per heavy atom. The van der Waals surface area contributed by atoms with Crippen molar-refractivity contribution in [3.05, 3.63) is 35.4 Å². The number of hydrogen-bond donors (Lipinski definition) is 1. The summed E-state index contributed by atoms with van der Waals surface area (Å²) in [7, 11) is 2.64. The van der Waals surface area contributed by atoms with Crippen molar-refractivity contribution in [2.24, 2.45) is 0 Å². The number of carbonyl (C=O) groups is 3. The van der Waals surface area contributed by atoms with Crippen LogP contribution in [0.3, 0.4) is 0 Å². The maximum Gasteiger partial charge on any atom is 0.338 e. The number of benzene rings is 1. The van der Waals surface area contributed by atoms with E-state index in [4.69, 9.17) is 14.2 Å². The lowest BCUT2D eigenvalue weighted by atomic mass is 10.0. The molecule has 0 aliphatic heterocycles. The first-order valence-corrected chi connectivity index (χ1v) is 7.84.